The predicted molar refractivity (Wildman–Crippen MR) is 193 cm³/mol. The molecule has 2 aromatic carbocycles. The zero-order chi connectivity index (χ0) is 36.5. The Balaban J connectivity index is 1.33. The highest BCUT2D eigenvalue weighted by Crippen LogP contribution is 2.45. The second-order valence-corrected chi connectivity index (χ2v) is 15.1. The highest BCUT2D eigenvalue weighted by atomic mass is 16.5. The van der Waals surface area contributed by atoms with Crippen molar-refractivity contribution in [2.45, 2.75) is 77.0 Å². The zero-order valence-corrected chi connectivity index (χ0v) is 29.9. The maximum absolute atomic E-state index is 14.6. The number of rotatable bonds is 11. The lowest BCUT2D eigenvalue weighted by Gasteiger charge is -2.36. The first-order valence-electron chi connectivity index (χ1n) is 17.8. The first-order chi connectivity index (χ1) is 24.3. The summed E-state index contributed by atoms with van der Waals surface area (Å²) in [6, 6.07) is 16.1. The third-order valence-electron chi connectivity index (χ3n) is 10.6. The molecule has 3 aromatic rings. The number of nitrogens with zero attached hydrogens (tertiary/aromatic N) is 3. The lowest BCUT2D eigenvalue weighted by Crippen LogP contribution is -2.54. The van der Waals surface area contributed by atoms with Crippen LogP contribution >= 0.6 is 0 Å². The van der Waals surface area contributed by atoms with Crippen LogP contribution in [0, 0.1) is 17.3 Å². The number of ether oxygens (including phenoxy) is 2. The van der Waals surface area contributed by atoms with Gasteiger partial charge in [0.2, 0.25) is 17.7 Å². The van der Waals surface area contributed by atoms with Gasteiger partial charge in [0.15, 0.2) is 0 Å². The first kappa shape index (κ1) is 35.9. The van der Waals surface area contributed by atoms with Gasteiger partial charge in [-0.25, -0.2) is 9.78 Å². The maximum atomic E-state index is 14.6. The normalized spacial score (nSPS) is 23.7. The number of hydrogen-bond acceptors (Lipinski definition) is 7. The minimum atomic E-state index is -1.47. The lowest BCUT2D eigenvalue weighted by atomic mass is 9.77. The molecule has 1 aliphatic carbocycles. The molecule has 3 aliphatic rings. The van der Waals surface area contributed by atoms with Crippen LogP contribution in [0.2, 0.25) is 0 Å². The van der Waals surface area contributed by atoms with Crippen molar-refractivity contribution in [3.63, 3.8) is 0 Å². The molecule has 270 valence electrons. The van der Waals surface area contributed by atoms with Crippen LogP contribution in [0.25, 0.3) is 22.2 Å². The number of pyridine rings is 1. The van der Waals surface area contributed by atoms with E-state index in [0.29, 0.717) is 35.8 Å². The van der Waals surface area contributed by atoms with E-state index < -0.39 is 46.8 Å². The van der Waals surface area contributed by atoms with Gasteiger partial charge in [0.25, 0.3) is 0 Å². The van der Waals surface area contributed by atoms with Gasteiger partial charge in [0.05, 0.1) is 30.8 Å². The van der Waals surface area contributed by atoms with E-state index in [4.69, 9.17) is 14.5 Å². The second kappa shape index (κ2) is 14.4. The van der Waals surface area contributed by atoms with Gasteiger partial charge in [-0.15, -0.1) is 6.58 Å². The van der Waals surface area contributed by atoms with E-state index in [-0.39, 0.29) is 37.6 Å². The summed E-state index contributed by atoms with van der Waals surface area (Å²) in [4.78, 5) is 62.8. The van der Waals surface area contributed by atoms with Crippen molar-refractivity contribution < 1.29 is 33.8 Å². The summed E-state index contributed by atoms with van der Waals surface area (Å²) in [5.74, 6) is -2.07. The molecule has 11 nitrogen and oxygen atoms in total. The number of hydrogen-bond donors (Lipinski definition) is 2. The highest BCUT2D eigenvalue weighted by molar-refractivity contribution is 5.96. The molecule has 2 unspecified atom stereocenters. The molecule has 0 bridgehead atoms. The number of carboxylic acids is 1. The average molecular weight is 697 g/mol. The van der Waals surface area contributed by atoms with E-state index >= 15 is 0 Å². The molecule has 0 radical (unpaired) electrons. The van der Waals surface area contributed by atoms with Crippen molar-refractivity contribution in [2.24, 2.45) is 17.3 Å². The average Bonchev–Trinajstić information content (AvgIpc) is 3.69. The molecule has 6 rings (SSSR count). The number of aromatic nitrogens is 1. The Morgan fingerprint density at radius 3 is 2.43 bits per heavy atom. The number of piperidine rings is 1. The number of nitrogens with one attached hydrogen (secondary N) is 1. The number of likely N-dealkylation sites (tertiary alicyclic amines) is 2. The fourth-order valence-electron chi connectivity index (χ4n) is 7.44. The molecule has 1 aromatic heterocycles. The van der Waals surface area contributed by atoms with Crippen LogP contribution < -0.4 is 14.8 Å². The van der Waals surface area contributed by atoms with E-state index in [0.717, 1.165) is 30.2 Å². The molecule has 0 spiro atoms. The van der Waals surface area contributed by atoms with Crippen LogP contribution in [0.4, 0.5) is 0 Å². The summed E-state index contributed by atoms with van der Waals surface area (Å²) in [6.45, 7) is 11.0. The fourth-order valence-corrected chi connectivity index (χ4v) is 7.44. The molecule has 2 saturated heterocycles. The highest BCUT2D eigenvalue weighted by Gasteiger charge is 2.61. The number of methoxy groups -OCH3 is 1. The third-order valence-corrected chi connectivity index (χ3v) is 10.6. The van der Waals surface area contributed by atoms with E-state index in [1.54, 1.807) is 7.11 Å². The molecular weight excluding hydrogens is 648 g/mol. The Kier molecular flexibility index (Phi) is 10.1. The summed E-state index contributed by atoms with van der Waals surface area (Å²) >= 11 is 0. The van der Waals surface area contributed by atoms with E-state index in [9.17, 15) is 24.3 Å². The number of carboxylic acid groups (broad SMARTS) is 1. The third kappa shape index (κ3) is 7.43. The molecular formula is C40H48N4O7. The molecule has 3 fully saturated rings. The quantitative estimate of drug-likeness (QED) is 0.252. The zero-order valence-electron chi connectivity index (χ0n) is 29.9. The Bertz CT molecular complexity index is 1820. The number of carbonyl (C=O) groups excluding carboxylic acids is 3. The van der Waals surface area contributed by atoms with Gasteiger partial charge in [-0.05, 0) is 43.2 Å². The summed E-state index contributed by atoms with van der Waals surface area (Å²) < 4.78 is 12.2. The number of carbonyl (C=O) groups is 4. The van der Waals surface area contributed by atoms with E-state index in [1.807, 2.05) is 80.3 Å². The molecule has 3 amide bonds. The standard InChI is InChI=1S/C40H48N4O7/c1-6-26-23-40(26,38(48)49)42-36(46)33-20-28(24-44(33)37(47)30(39(2,3)4)21-35(45)43-17-11-8-12-18-43)51-34-22-31(25-13-9-7-10-14-25)41-32-19-27(50-5)15-16-29(32)34/h6-7,9-10,13-16,19,22,26,28,30,33H,1,8,11-12,17-18,20-21,23-24H2,2-5H3,(H,42,46)(H,48,49)/t26?,28-,30?,33+,40-/m1/s1. The Morgan fingerprint density at radius 2 is 1.80 bits per heavy atom. The predicted octanol–water partition coefficient (Wildman–Crippen LogP) is 5.47. The fraction of sp³-hybridized carbons (Fsp3) is 0.475. The molecule has 2 aliphatic heterocycles. The van der Waals surface area contributed by atoms with Crippen molar-refractivity contribution in [1.29, 1.82) is 0 Å². The molecule has 2 N–H and O–H groups in total. The summed E-state index contributed by atoms with van der Waals surface area (Å²) in [5.41, 5.74) is 0.162. The maximum Gasteiger partial charge on any atom is 0.330 e. The monoisotopic (exact) mass is 696 g/mol. The summed E-state index contributed by atoms with van der Waals surface area (Å²) in [7, 11) is 1.59. The van der Waals surface area contributed by atoms with Crippen molar-refractivity contribution in [3.05, 3.63) is 67.3 Å². The molecule has 11 heteroatoms. The number of benzene rings is 2. The van der Waals surface area contributed by atoms with Crippen molar-refractivity contribution in [1.82, 2.24) is 20.1 Å². The van der Waals surface area contributed by atoms with Crippen molar-refractivity contribution in [3.8, 4) is 22.8 Å². The van der Waals surface area contributed by atoms with Gasteiger partial charge in [0.1, 0.15) is 29.2 Å². The summed E-state index contributed by atoms with van der Waals surface area (Å²) in [5, 5.41) is 13.6. The van der Waals surface area contributed by atoms with E-state index in [2.05, 4.69) is 11.9 Å². The number of aliphatic carboxylic acids is 1. The van der Waals surface area contributed by atoms with Crippen LogP contribution in [0.5, 0.6) is 11.5 Å². The molecule has 1 saturated carbocycles. The first-order valence-corrected chi connectivity index (χ1v) is 17.8. The van der Waals surface area contributed by atoms with Gasteiger partial charge in [-0.3, -0.25) is 14.4 Å². The Labute approximate surface area is 299 Å². The lowest BCUT2D eigenvalue weighted by molar-refractivity contribution is -0.149. The van der Waals surface area contributed by atoms with Crippen LogP contribution in [0.15, 0.2) is 67.3 Å². The van der Waals surface area contributed by atoms with E-state index in [1.165, 1.54) is 11.0 Å². The van der Waals surface area contributed by atoms with Crippen LogP contribution in [-0.4, -0.2) is 88.0 Å². The van der Waals surface area contributed by atoms with Gasteiger partial charge < -0.3 is 29.7 Å². The minimum absolute atomic E-state index is 0.0214. The van der Waals surface area contributed by atoms with Gasteiger partial charge in [-0.1, -0.05) is 57.2 Å². The van der Waals surface area contributed by atoms with Crippen molar-refractivity contribution >= 4 is 34.6 Å². The van der Waals surface area contributed by atoms with Gasteiger partial charge in [-0.2, -0.15) is 0 Å². The van der Waals surface area contributed by atoms with Crippen LogP contribution in [0.3, 0.4) is 0 Å². The summed E-state index contributed by atoms with van der Waals surface area (Å²) in [6.07, 6.45) is 4.25. The van der Waals surface area contributed by atoms with Crippen LogP contribution in [-0.2, 0) is 19.2 Å². The minimum Gasteiger partial charge on any atom is -0.497 e. The Hall–Kier alpha value is -4.93. The second-order valence-electron chi connectivity index (χ2n) is 15.1. The van der Waals surface area contributed by atoms with Crippen LogP contribution in [0.1, 0.15) is 59.3 Å². The van der Waals surface area contributed by atoms with Gasteiger partial charge >= 0.3 is 5.97 Å². The molecule has 51 heavy (non-hydrogen) atoms. The SMILES string of the molecule is C=CC1C[C@]1(NC(=O)[C@@H]1C[C@@H](Oc2cc(-c3ccccc3)nc3cc(OC)ccc23)CN1C(=O)C(CC(=O)N1CCCCC1)C(C)(C)C)C(=O)O. The Morgan fingerprint density at radius 1 is 1.08 bits per heavy atom. The largest absolute Gasteiger partial charge is 0.497 e. The molecule has 3 heterocycles. The molecule has 5 atom stereocenters. The topological polar surface area (TPSA) is 138 Å². The van der Waals surface area contributed by atoms with Gasteiger partial charge in [0, 0.05) is 54.9 Å². The van der Waals surface area contributed by atoms with Crippen molar-refractivity contribution in [2.75, 3.05) is 26.7 Å². The smallest absolute Gasteiger partial charge is 0.330 e. The number of amides is 3. The number of fused-ring (bicyclic) bond motifs is 1.